The molecular formula is C10H10O2S2. The molecule has 0 fully saturated rings. The summed E-state index contributed by atoms with van der Waals surface area (Å²) in [6.45, 7) is 0.0634. The van der Waals surface area contributed by atoms with Crippen molar-refractivity contribution >= 4 is 33.2 Å². The van der Waals surface area contributed by atoms with Crippen molar-refractivity contribution < 1.29 is 10.2 Å². The van der Waals surface area contributed by atoms with Crippen LogP contribution in [0.5, 0.6) is 5.75 Å². The number of rotatable bonds is 2. The number of aliphatic hydroxyl groups is 1. The second-order valence-electron chi connectivity index (χ2n) is 2.90. The van der Waals surface area contributed by atoms with Crippen molar-refractivity contribution in [2.45, 2.75) is 11.5 Å². The third kappa shape index (κ3) is 1.49. The highest BCUT2D eigenvalue weighted by Crippen LogP contribution is 2.38. The summed E-state index contributed by atoms with van der Waals surface area (Å²) >= 11 is 3.08. The molecule has 2 rings (SSSR count). The van der Waals surface area contributed by atoms with Gasteiger partial charge in [-0.25, -0.2) is 0 Å². The molecule has 2 aromatic rings. The molecule has 74 valence electrons. The number of hydrogen-bond donors (Lipinski definition) is 2. The normalized spacial score (nSPS) is 11.0. The summed E-state index contributed by atoms with van der Waals surface area (Å²) in [4.78, 5) is 1.82. The fourth-order valence-corrected chi connectivity index (χ4v) is 3.08. The number of fused-ring (bicyclic) bond motifs is 1. The number of benzene rings is 1. The number of thioether (sulfide) groups is 1. The minimum absolute atomic E-state index is 0.0634. The van der Waals surface area contributed by atoms with Crippen LogP contribution in [0.1, 0.15) is 4.88 Å². The number of phenolic OH excluding ortho intramolecular Hbond substituents is 1. The highest BCUT2D eigenvalue weighted by Gasteiger charge is 2.08. The van der Waals surface area contributed by atoms with Crippen LogP contribution < -0.4 is 0 Å². The average Bonchev–Trinajstić information content (AvgIpc) is 2.60. The van der Waals surface area contributed by atoms with Crippen LogP contribution in [0.25, 0.3) is 10.1 Å². The van der Waals surface area contributed by atoms with E-state index in [9.17, 15) is 5.11 Å². The van der Waals surface area contributed by atoms with Gasteiger partial charge in [-0.05, 0) is 24.5 Å². The number of aromatic hydroxyl groups is 1. The first-order chi connectivity index (χ1) is 6.76. The molecule has 0 bridgehead atoms. The van der Waals surface area contributed by atoms with Crippen molar-refractivity contribution in [3.8, 4) is 5.75 Å². The first-order valence-corrected chi connectivity index (χ1v) is 6.19. The van der Waals surface area contributed by atoms with Crippen molar-refractivity contribution in [2.24, 2.45) is 0 Å². The Hall–Kier alpha value is -0.710. The number of phenols is 1. The van der Waals surface area contributed by atoms with Crippen molar-refractivity contribution in [1.29, 1.82) is 0 Å². The molecule has 1 heterocycles. The molecule has 2 N–H and O–H groups in total. The lowest BCUT2D eigenvalue weighted by atomic mass is 10.2. The van der Waals surface area contributed by atoms with Gasteiger partial charge in [0.1, 0.15) is 5.75 Å². The zero-order valence-corrected chi connectivity index (χ0v) is 9.28. The van der Waals surface area contributed by atoms with E-state index < -0.39 is 0 Å². The Morgan fingerprint density at radius 1 is 1.43 bits per heavy atom. The Bertz CT molecular complexity index is 462. The van der Waals surface area contributed by atoms with E-state index in [1.807, 2.05) is 18.4 Å². The SMILES string of the molecule is CSc1c(O)ccc2sc(CO)cc12. The van der Waals surface area contributed by atoms with E-state index >= 15 is 0 Å². The molecule has 0 saturated heterocycles. The predicted molar refractivity (Wildman–Crippen MR) is 61.2 cm³/mol. The first-order valence-electron chi connectivity index (χ1n) is 4.15. The Labute approximate surface area is 90.2 Å². The van der Waals surface area contributed by atoms with E-state index in [-0.39, 0.29) is 6.61 Å². The van der Waals surface area contributed by atoms with Crippen LogP contribution in [0, 0.1) is 0 Å². The predicted octanol–water partition coefficient (Wildman–Crippen LogP) is 2.82. The van der Waals surface area contributed by atoms with Gasteiger partial charge in [-0.3, -0.25) is 0 Å². The average molecular weight is 226 g/mol. The van der Waals surface area contributed by atoms with Gasteiger partial charge in [-0.1, -0.05) is 0 Å². The monoisotopic (exact) mass is 226 g/mol. The fraction of sp³-hybridized carbons (Fsp3) is 0.200. The number of thiophene rings is 1. The minimum Gasteiger partial charge on any atom is -0.507 e. The van der Waals surface area contributed by atoms with E-state index in [1.54, 1.807) is 17.4 Å². The number of hydrogen-bond acceptors (Lipinski definition) is 4. The van der Waals surface area contributed by atoms with Crippen LogP contribution in [-0.2, 0) is 6.61 Å². The molecule has 0 aliphatic rings. The Balaban J connectivity index is 2.73. The molecule has 0 aliphatic carbocycles. The van der Waals surface area contributed by atoms with E-state index in [2.05, 4.69) is 0 Å². The van der Waals surface area contributed by atoms with Crippen LogP contribution >= 0.6 is 23.1 Å². The van der Waals surface area contributed by atoms with Gasteiger partial charge >= 0.3 is 0 Å². The molecule has 2 nitrogen and oxygen atoms in total. The van der Waals surface area contributed by atoms with Gasteiger partial charge in [-0.2, -0.15) is 0 Å². The van der Waals surface area contributed by atoms with Gasteiger partial charge in [0.05, 0.1) is 11.5 Å². The van der Waals surface area contributed by atoms with Crippen LogP contribution in [0.15, 0.2) is 23.1 Å². The van der Waals surface area contributed by atoms with Crippen molar-refractivity contribution in [2.75, 3.05) is 6.26 Å². The van der Waals surface area contributed by atoms with Gasteiger partial charge in [0.15, 0.2) is 0 Å². The van der Waals surface area contributed by atoms with Crippen LogP contribution in [0.3, 0.4) is 0 Å². The Kier molecular flexibility index (Phi) is 2.67. The van der Waals surface area contributed by atoms with E-state index in [0.29, 0.717) is 5.75 Å². The maximum Gasteiger partial charge on any atom is 0.129 e. The topological polar surface area (TPSA) is 40.5 Å². The van der Waals surface area contributed by atoms with Gasteiger partial charge in [0.2, 0.25) is 0 Å². The summed E-state index contributed by atoms with van der Waals surface area (Å²) in [5, 5.41) is 19.7. The Morgan fingerprint density at radius 3 is 2.86 bits per heavy atom. The standard InChI is InChI=1S/C10H10O2S2/c1-13-10-7-4-6(5-11)14-9(7)3-2-8(10)12/h2-4,11-12H,5H2,1H3. The maximum atomic E-state index is 9.61. The molecule has 0 atom stereocenters. The van der Waals surface area contributed by atoms with Gasteiger partial charge in [0, 0.05) is 15.0 Å². The van der Waals surface area contributed by atoms with Crippen molar-refractivity contribution in [1.82, 2.24) is 0 Å². The molecule has 0 saturated carbocycles. The second kappa shape index (κ2) is 3.81. The second-order valence-corrected chi connectivity index (χ2v) is 4.89. The van der Waals surface area contributed by atoms with E-state index in [1.165, 1.54) is 11.8 Å². The zero-order chi connectivity index (χ0) is 10.1. The lowest BCUT2D eigenvalue weighted by Crippen LogP contribution is -1.74. The quantitative estimate of drug-likeness (QED) is 0.774. The number of aliphatic hydroxyl groups excluding tert-OH is 1. The third-order valence-electron chi connectivity index (χ3n) is 2.04. The fourth-order valence-electron chi connectivity index (χ4n) is 1.42. The van der Waals surface area contributed by atoms with E-state index in [0.717, 1.165) is 19.9 Å². The van der Waals surface area contributed by atoms with Gasteiger partial charge in [-0.15, -0.1) is 23.1 Å². The molecule has 0 spiro atoms. The molecule has 0 amide bonds. The molecule has 4 heteroatoms. The molecule has 1 aromatic carbocycles. The lowest BCUT2D eigenvalue weighted by molar-refractivity contribution is 0.285. The highest BCUT2D eigenvalue weighted by atomic mass is 32.2. The van der Waals surface area contributed by atoms with Crippen LogP contribution in [-0.4, -0.2) is 16.5 Å². The highest BCUT2D eigenvalue weighted by molar-refractivity contribution is 7.99. The first kappa shape index (κ1) is 9.83. The summed E-state index contributed by atoms with van der Waals surface area (Å²) in [5.41, 5.74) is 0. The largest absolute Gasteiger partial charge is 0.507 e. The van der Waals surface area contributed by atoms with Gasteiger partial charge < -0.3 is 10.2 Å². The molecule has 14 heavy (non-hydrogen) atoms. The molecule has 0 unspecified atom stereocenters. The summed E-state index contributed by atoms with van der Waals surface area (Å²) < 4.78 is 1.11. The maximum absolute atomic E-state index is 9.61. The summed E-state index contributed by atoms with van der Waals surface area (Å²) in [7, 11) is 0. The van der Waals surface area contributed by atoms with Crippen LogP contribution in [0.4, 0.5) is 0 Å². The lowest BCUT2D eigenvalue weighted by Gasteiger charge is -2.01. The Morgan fingerprint density at radius 2 is 2.21 bits per heavy atom. The van der Waals surface area contributed by atoms with Crippen molar-refractivity contribution in [3.63, 3.8) is 0 Å². The summed E-state index contributed by atoms with van der Waals surface area (Å²) in [6.07, 6.45) is 1.94. The zero-order valence-electron chi connectivity index (χ0n) is 7.65. The minimum atomic E-state index is 0.0634. The molecule has 0 radical (unpaired) electrons. The molecular weight excluding hydrogens is 216 g/mol. The van der Waals surface area contributed by atoms with Crippen LogP contribution in [0.2, 0.25) is 0 Å². The summed E-state index contributed by atoms with van der Waals surface area (Å²) in [6, 6.07) is 5.52. The smallest absolute Gasteiger partial charge is 0.129 e. The summed E-state index contributed by atoms with van der Waals surface area (Å²) in [5.74, 6) is 0.312. The van der Waals surface area contributed by atoms with Crippen molar-refractivity contribution in [3.05, 3.63) is 23.1 Å². The van der Waals surface area contributed by atoms with E-state index in [4.69, 9.17) is 5.11 Å². The molecule has 0 aliphatic heterocycles. The third-order valence-corrected chi connectivity index (χ3v) is 3.96. The van der Waals surface area contributed by atoms with Gasteiger partial charge in [0.25, 0.3) is 0 Å². The molecule has 1 aromatic heterocycles.